The number of anilines is 1. The third-order valence-corrected chi connectivity index (χ3v) is 3.77. The lowest BCUT2D eigenvalue weighted by atomic mass is 10.1. The summed E-state index contributed by atoms with van der Waals surface area (Å²) in [7, 11) is -3.67. The molecule has 0 unspecified atom stereocenters. The van der Waals surface area contributed by atoms with Gasteiger partial charge in [-0.3, -0.25) is 9.82 Å². The number of rotatable bonds is 3. The molecule has 0 aliphatic carbocycles. The fourth-order valence-electron chi connectivity index (χ4n) is 1.66. The molecule has 6 nitrogen and oxygen atoms in total. The lowest BCUT2D eigenvalue weighted by molar-refractivity contribution is 0.350. The van der Waals surface area contributed by atoms with Crippen LogP contribution in [-0.4, -0.2) is 30.3 Å². The summed E-state index contributed by atoms with van der Waals surface area (Å²) in [5.74, 6) is 5.27. The van der Waals surface area contributed by atoms with Gasteiger partial charge in [0.15, 0.2) is 0 Å². The van der Waals surface area contributed by atoms with Gasteiger partial charge < -0.3 is 5.11 Å². The lowest BCUT2D eigenvalue weighted by Crippen LogP contribution is -2.12. The number of aromatic nitrogens is 2. The molecule has 0 fully saturated rings. The van der Waals surface area contributed by atoms with E-state index in [4.69, 9.17) is 5.11 Å². The molecule has 0 bridgehead atoms. The van der Waals surface area contributed by atoms with Gasteiger partial charge in [-0.05, 0) is 30.7 Å². The van der Waals surface area contributed by atoms with E-state index in [1.165, 1.54) is 12.4 Å². The van der Waals surface area contributed by atoms with Crippen molar-refractivity contribution in [3.05, 3.63) is 41.7 Å². The molecule has 0 aliphatic heterocycles. The first kappa shape index (κ1) is 14.1. The third kappa shape index (κ3) is 3.38. The van der Waals surface area contributed by atoms with Crippen LogP contribution in [0.1, 0.15) is 11.1 Å². The van der Waals surface area contributed by atoms with E-state index in [9.17, 15) is 8.42 Å². The molecular weight excluding hydrogens is 278 g/mol. The Labute approximate surface area is 116 Å². The molecule has 0 saturated heterocycles. The van der Waals surface area contributed by atoms with Crippen molar-refractivity contribution in [3.63, 3.8) is 0 Å². The Balaban J connectivity index is 2.32. The Kier molecular flexibility index (Phi) is 4.08. The van der Waals surface area contributed by atoms with Crippen LogP contribution < -0.4 is 4.72 Å². The maximum atomic E-state index is 12.1. The molecule has 3 N–H and O–H groups in total. The minimum Gasteiger partial charge on any atom is -0.384 e. The van der Waals surface area contributed by atoms with Crippen LogP contribution in [0.3, 0.4) is 0 Å². The molecule has 1 aromatic carbocycles. The van der Waals surface area contributed by atoms with E-state index >= 15 is 0 Å². The molecule has 0 saturated carbocycles. The molecule has 0 aliphatic rings. The van der Waals surface area contributed by atoms with Gasteiger partial charge in [-0.2, -0.15) is 5.10 Å². The van der Waals surface area contributed by atoms with Gasteiger partial charge in [-0.25, -0.2) is 8.42 Å². The molecule has 1 aromatic heterocycles. The first-order valence-corrected chi connectivity index (χ1v) is 7.22. The van der Waals surface area contributed by atoms with Crippen LogP contribution >= 0.6 is 0 Å². The minimum absolute atomic E-state index is 0.0574. The predicted molar refractivity (Wildman–Crippen MR) is 74.5 cm³/mol. The molecule has 2 rings (SSSR count). The second-order valence-corrected chi connectivity index (χ2v) is 5.77. The normalized spacial score (nSPS) is 10.7. The van der Waals surface area contributed by atoms with Crippen molar-refractivity contribution in [3.8, 4) is 11.8 Å². The Hall–Kier alpha value is -2.30. The van der Waals surface area contributed by atoms with E-state index in [0.717, 1.165) is 5.56 Å². The van der Waals surface area contributed by atoms with Gasteiger partial charge in [-0.1, -0.05) is 11.8 Å². The van der Waals surface area contributed by atoms with Gasteiger partial charge in [0.2, 0.25) is 0 Å². The molecule has 20 heavy (non-hydrogen) atoms. The molecule has 104 valence electrons. The number of nitrogens with one attached hydrogen (secondary N) is 2. The number of aliphatic hydroxyl groups excluding tert-OH is 1. The summed E-state index contributed by atoms with van der Waals surface area (Å²) >= 11 is 0. The van der Waals surface area contributed by atoms with Gasteiger partial charge in [0.25, 0.3) is 10.0 Å². The van der Waals surface area contributed by atoms with Crippen LogP contribution in [0.4, 0.5) is 5.69 Å². The number of aryl methyl sites for hydroxylation is 1. The molecule has 2 aromatic rings. The van der Waals surface area contributed by atoms with Crippen molar-refractivity contribution in [2.45, 2.75) is 11.8 Å². The number of sulfonamides is 1. The van der Waals surface area contributed by atoms with Crippen LogP contribution in [0.2, 0.25) is 0 Å². The number of H-pyrrole nitrogens is 1. The highest BCUT2D eigenvalue weighted by atomic mass is 32.2. The van der Waals surface area contributed by atoms with E-state index in [0.29, 0.717) is 11.3 Å². The Bertz CT molecular complexity index is 756. The highest BCUT2D eigenvalue weighted by Crippen LogP contribution is 2.18. The largest absolute Gasteiger partial charge is 0.384 e. The highest BCUT2D eigenvalue weighted by molar-refractivity contribution is 7.92. The fourth-order valence-corrected chi connectivity index (χ4v) is 2.60. The average Bonchev–Trinajstić information content (AvgIpc) is 2.89. The highest BCUT2D eigenvalue weighted by Gasteiger charge is 2.15. The van der Waals surface area contributed by atoms with Crippen LogP contribution in [0, 0.1) is 18.8 Å². The topological polar surface area (TPSA) is 95.1 Å². The molecule has 7 heteroatoms. The van der Waals surface area contributed by atoms with Gasteiger partial charge in [0, 0.05) is 11.8 Å². The van der Waals surface area contributed by atoms with Crippen molar-refractivity contribution in [1.29, 1.82) is 0 Å². The molecule has 0 atom stereocenters. The van der Waals surface area contributed by atoms with E-state index in [-0.39, 0.29) is 11.5 Å². The summed E-state index contributed by atoms with van der Waals surface area (Å²) in [6.07, 6.45) is 2.52. The van der Waals surface area contributed by atoms with Crippen molar-refractivity contribution in [1.82, 2.24) is 10.2 Å². The zero-order valence-electron chi connectivity index (χ0n) is 10.7. The van der Waals surface area contributed by atoms with Gasteiger partial charge in [0.1, 0.15) is 11.5 Å². The number of nitrogens with zero attached hydrogens (tertiary/aromatic N) is 1. The van der Waals surface area contributed by atoms with E-state index in [1.807, 2.05) is 6.92 Å². The summed E-state index contributed by atoms with van der Waals surface area (Å²) in [5.41, 5.74) is 1.90. The summed E-state index contributed by atoms with van der Waals surface area (Å²) in [6.45, 7) is 1.59. The van der Waals surface area contributed by atoms with Gasteiger partial charge in [-0.15, -0.1) is 0 Å². The number of benzene rings is 1. The molecule has 0 amide bonds. The van der Waals surface area contributed by atoms with Crippen LogP contribution in [0.15, 0.2) is 35.5 Å². The average molecular weight is 291 g/mol. The second kappa shape index (κ2) is 5.77. The van der Waals surface area contributed by atoms with E-state index in [1.54, 1.807) is 18.2 Å². The Morgan fingerprint density at radius 2 is 2.20 bits per heavy atom. The van der Waals surface area contributed by atoms with Crippen molar-refractivity contribution in [2.75, 3.05) is 11.3 Å². The SMILES string of the molecule is Cc1cc(C#CCO)cc(NS(=O)(=O)c2cn[nH]c2)c1. The number of aromatic amines is 1. The monoisotopic (exact) mass is 291 g/mol. The van der Waals surface area contributed by atoms with Crippen molar-refractivity contribution >= 4 is 15.7 Å². The third-order valence-electron chi connectivity index (χ3n) is 2.42. The molecule has 0 radical (unpaired) electrons. The fraction of sp³-hybridized carbons (Fsp3) is 0.154. The quantitative estimate of drug-likeness (QED) is 0.731. The standard InChI is InChI=1S/C13H13N3O3S/c1-10-5-11(3-2-4-17)7-12(6-10)16-20(18,19)13-8-14-15-9-13/h5-9,16-17H,4H2,1H3,(H,14,15). The number of hydrogen-bond acceptors (Lipinski definition) is 4. The smallest absolute Gasteiger partial charge is 0.265 e. The van der Waals surface area contributed by atoms with E-state index in [2.05, 4.69) is 26.8 Å². The van der Waals surface area contributed by atoms with Gasteiger partial charge in [0.05, 0.1) is 11.9 Å². The van der Waals surface area contributed by atoms with E-state index < -0.39 is 10.0 Å². The molecular formula is C13H13N3O3S. The van der Waals surface area contributed by atoms with Crippen LogP contribution in [0.25, 0.3) is 0 Å². The molecule has 0 spiro atoms. The Morgan fingerprint density at radius 3 is 2.85 bits per heavy atom. The lowest BCUT2D eigenvalue weighted by Gasteiger charge is -2.07. The van der Waals surface area contributed by atoms with Crippen molar-refractivity contribution in [2.24, 2.45) is 0 Å². The first-order chi connectivity index (χ1) is 9.51. The zero-order chi connectivity index (χ0) is 14.6. The summed E-state index contributed by atoms with van der Waals surface area (Å²) in [6, 6.07) is 5.10. The van der Waals surface area contributed by atoms with Crippen molar-refractivity contribution < 1.29 is 13.5 Å². The minimum atomic E-state index is -3.67. The maximum Gasteiger partial charge on any atom is 0.265 e. The van der Waals surface area contributed by atoms with Gasteiger partial charge >= 0.3 is 0 Å². The zero-order valence-corrected chi connectivity index (χ0v) is 11.5. The second-order valence-electron chi connectivity index (χ2n) is 4.09. The number of hydrogen-bond donors (Lipinski definition) is 3. The van der Waals surface area contributed by atoms with Crippen LogP contribution in [-0.2, 0) is 10.0 Å². The maximum absolute atomic E-state index is 12.1. The summed E-state index contributed by atoms with van der Waals surface area (Å²) in [5, 5.41) is 14.7. The summed E-state index contributed by atoms with van der Waals surface area (Å²) < 4.78 is 26.6. The Morgan fingerprint density at radius 1 is 1.40 bits per heavy atom. The predicted octanol–water partition coefficient (Wildman–Crippen LogP) is 0.863. The summed E-state index contributed by atoms with van der Waals surface area (Å²) in [4.78, 5) is 0.0574. The molecule has 1 heterocycles. The number of aliphatic hydroxyl groups is 1. The van der Waals surface area contributed by atoms with Crippen LogP contribution in [0.5, 0.6) is 0 Å². The first-order valence-electron chi connectivity index (χ1n) is 5.74.